The number of amides is 1. The molecule has 5 rings (SSSR count). The molecule has 2 saturated heterocycles. The molecule has 0 saturated carbocycles. The van der Waals surface area contributed by atoms with Gasteiger partial charge in [0.2, 0.25) is 15.9 Å². The summed E-state index contributed by atoms with van der Waals surface area (Å²) in [7, 11) is -3.66. The second-order valence-corrected chi connectivity index (χ2v) is 12.9. The van der Waals surface area contributed by atoms with E-state index in [2.05, 4.69) is 13.0 Å². The first kappa shape index (κ1) is 25.3. The molecule has 0 spiro atoms. The number of anilines is 1. The van der Waals surface area contributed by atoms with Gasteiger partial charge in [0.25, 0.3) is 0 Å². The molecule has 2 aliphatic rings. The van der Waals surface area contributed by atoms with E-state index in [0.29, 0.717) is 37.7 Å². The van der Waals surface area contributed by atoms with Crippen molar-refractivity contribution < 1.29 is 17.9 Å². The fourth-order valence-electron chi connectivity index (χ4n) is 5.18. The second kappa shape index (κ2) is 10.2. The molecule has 3 heterocycles. The maximum absolute atomic E-state index is 14.0. The largest absolute Gasteiger partial charge is 0.376 e. The molecule has 3 aromatic rings. The molecule has 2 aromatic carbocycles. The number of nitrogens with zero attached hydrogens (tertiary/aromatic N) is 3. The zero-order chi connectivity index (χ0) is 25.4. The van der Waals surface area contributed by atoms with Crippen LogP contribution in [0.5, 0.6) is 0 Å². The number of hydrogen-bond acceptors (Lipinski definition) is 6. The number of benzene rings is 2. The Morgan fingerprint density at radius 3 is 2.61 bits per heavy atom. The van der Waals surface area contributed by atoms with Crippen LogP contribution in [0.15, 0.2) is 41.3 Å². The molecule has 2 fully saturated rings. The maximum Gasteiger partial charge on any atom is 0.243 e. The molecular formula is C27H33N3O4S2. The lowest BCUT2D eigenvalue weighted by Crippen LogP contribution is -2.48. The van der Waals surface area contributed by atoms with Crippen LogP contribution in [0.2, 0.25) is 0 Å². The van der Waals surface area contributed by atoms with Crippen LogP contribution in [0, 0.1) is 26.7 Å². The first-order valence-corrected chi connectivity index (χ1v) is 14.9. The Balaban J connectivity index is 1.43. The highest BCUT2D eigenvalue weighted by Gasteiger charge is 2.37. The minimum atomic E-state index is -3.66. The summed E-state index contributed by atoms with van der Waals surface area (Å²) >= 11 is 1.53. The number of thiazole rings is 1. The molecule has 2 unspecified atom stereocenters. The van der Waals surface area contributed by atoms with Crippen LogP contribution < -0.4 is 4.90 Å². The minimum Gasteiger partial charge on any atom is -0.376 e. The first-order chi connectivity index (χ1) is 17.2. The van der Waals surface area contributed by atoms with Gasteiger partial charge in [-0.1, -0.05) is 35.1 Å². The molecule has 36 heavy (non-hydrogen) atoms. The van der Waals surface area contributed by atoms with Gasteiger partial charge in [-0.15, -0.1) is 0 Å². The number of fused-ring (bicyclic) bond motifs is 1. The fraction of sp³-hybridized carbons (Fsp3) is 0.481. The van der Waals surface area contributed by atoms with Crippen LogP contribution >= 0.6 is 11.3 Å². The maximum atomic E-state index is 14.0. The van der Waals surface area contributed by atoms with E-state index in [-0.39, 0.29) is 23.5 Å². The summed E-state index contributed by atoms with van der Waals surface area (Å²) in [6, 6.07) is 11.1. The number of piperidine rings is 1. The SMILES string of the molecule is Cc1ccc(S(=O)(=O)N2CCCC(C(=O)N(CC3CCCO3)c3nc4cc(C)cc(C)c4s3)C2)cc1. The van der Waals surface area contributed by atoms with Gasteiger partial charge in [0.1, 0.15) is 0 Å². The predicted octanol–water partition coefficient (Wildman–Crippen LogP) is 4.83. The summed E-state index contributed by atoms with van der Waals surface area (Å²) in [5.41, 5.74) is 4.18. The normalized spacial score (nSPS) is 21.2. The van der Waals surface area contributed by atoms with Crippen molar-refractivity contribution in [2.24, 2.45) is 5.92 Å². The highest BCUT2D eigenvalue weighted by Crippen LogP contribution is 2.35. The van der Waals surface area contributed by atoms with Gasteiger partial charge in [-0.2, -0.15) is 4.31 Å². The van der Waals surface area contributed by atoms with E-state index < -0.39 is 15.9 Å². The van der Waals surface area contributed by atoms with E-state index in [1.165, 1.54) is 15.6 Å². The van der Waals surface area contributed by atoms with Crippen molar-refractivity contribution in [2.45, 2.75) is 57.5 Å². The number of ether oxygens (including phenoxy) is 1. The average molecular weight is 528 g/mol. The Morgan fingerprint density at radius 1 is 1.11 bits per heavy atom. The third-order valence-electron chi connectivity index (χ3n) is 7.11. The molecule has 0 aliphatic carbocycles. The van der Waals surface area contributed by atoms with E-state index >= 15 is 0 Å². The lowest BCUT2D eigenvalue weighted by molar-refractivity contribution is -0.123. The molecular weight excluding hydrogens is 494 g/mol. The summed E-state index contributed by atoms with van der Waals surface area (Å²) in [5, 5.41) is 0.665. The molecule has 2 aliphatic heterocycles. The van der Waals surface area contributed by atoms with Gasteiger partial charge in [0, 0.05) is 19.7 Å². The Hall–Kier alpha value is -2.33. The molecule has 7 nitrogen and oxygen atoms in total. The highest BCUT2D eigenvalue weighted by atomic mass is 32.2. The van der Waals surface area contributed by atoms with E-state index in [0.717, 1.165) is 39.7 Å². The van der Waals surface area contributed by atoms with Crippen LogP contribution in [0.4, 0.5) is 5.13 Å². The third kappa shape index (κ3) is 5.07. The van der Waals surface area contributed by atoms with Crippen LogP contribution in [-0.4, -0.2) is 56.0 Å². The molecule has 0 N–H and O–H groups in total. The number of aryl methyl sites for hydroxylation is 3. The molecule has 1 amide bonds. The number of aromatic nitrogens is 1. The van der Waals surface area contributed by atoms with E-state index in [1.807, 2.05) is 19.9 Å². The summed E-state index contributed by atoms with van der Waals surface area (Å²) in [4.78, 5) is 20.9. The summed E-state index contributed by atoms with van der Waals surface area (Å²) < 4.78 is 35.1. The Morgan fingerprint density at radius 2 is 1.89 bits per heavy atom. The van der Waals surface area contributed by atoms with Crippen molar-refractivity contribution >= 4 is 42.6 Å². The molecule has 9 heteroatoms. The van der Waals surface area contributed by atoms with Crippen molar-refractivity contribution in [2.75, 3.05) is 31.1 Å². The lowest BCUT2D eigenvalue weighted by atomic mass is 9.98. The Labute approximate surface area is 217 Å². The molecule has 0 bridgehead atoms. The van der Waals surface area contributed by atoms with Gasteiger partial charge in [-0.05, 0) is 75.8 Å². The van der Waals surface area contributed by atoms with Gasteiger partial charge in [0.15, 0.2) is 5.13 Å². The molecule has 0 radical (unpaired) electrons. The lowest BCUT2D eigenvalue weighted by Gasteiger charge is -2.34. The highest BCUT2D eigenvalue weighted by molar-refractivity contribution is 7.89. The van der Waals surface area contributed by atoms with Gasteiger partial charge < -0.3 is 4.74 Å². The van der Waals surface area contributed by atoms with Crippen LogP contribution in [0.3, 0.4) is 0 Å². The van der Waals surface area contributed by atoms with Gasteiger partial charge in [0.05, 0.1) is 33.7 Å². The summed E-state index contributed by atoms with van der Waals surface area (Å²) in [6.45, 7) is 7.80. The average Bonchev–Trinajstić information content (AvgIpc) is 3.52. The number of hydrogen-bond donors (Lipinski definition) is 0. The second-order valence-electron chi connectivity index (χ2n) is 10.0. The summed E-state index contributed by atoms with van der Waals surface area (Å²) in [5.74, 6) is -0.488. The number of carbonyl (C=O) groups is 1. The van der Waals surface area contributed by atoms with Crippen molar-refractivity contribution in [3.8, 4) is 0 Å². The number of sulfonamides is 1. The van der Waals surface area contributed by atoms with E-state index in [9.17, 15) is 13.2 Å². The van der Waals surface area contributed by atoms with Gasteiger partial charge in [-0.3, -0.25) is 9.69 Å². The zero-order valence-corrected chi connectivity index (χ0v) is 22.7. The van der Waals surface area contributed by atoms with E-state index in [4.69, 9.17) is 9.72 Å². The van der Waals surface area contributed by atoms with Crippen LogP contribution in [0.1, 0.15) is 42.4 Å². The molecule has 192 valence electrons. The number of carbonyl (C=O) groups excluding carboxylic acids is 1. The molecule has 1 aromatic heterocycles. The predicted molar refractivity (Wildman–Crippen MR) is 143 cm³/mol. The number of rotatable bonds is 6. The first-order valence-electron chi connectivity index (χ1n) is 12.6. The topological polar surface area (TPSA) is 79.8 Å². The van der Waals surface area contributed by atoms with Gasteiger partial charge in [-0.25, -0.2) is 13.4 Å². The Kier molecular flexibility index (Phi) is 7.18. The quantitative estimate of drug-likeness (QED) is 0.459. The van der Waals surface area contributed by atoms with Gasteiger partial charge >= 0.3 is 0 Å². The third-order valence-corrected chi connectivity index (χ3v) is 10.2. The minimum absolute atomic E-state index is 0.0280. The fourth-order valence-corrected chi connectivity index (χ4v) is 7.73. The molecule has 2 atom stereocenters. The zero-order valence-electron chi connectivity index (χ0n) is 21.1. The van der Waals surface area contributed by atoms with Crippen molar-refractivity contribution in [1.29, 1.82) is 0 Å². The van der Waals surface area contributed by atoms with E-state index in [1.54, 1.807) is 29.2 Å². The monoisotopic (exact) mass is 527 g/mol. The smallest absolute Gasteiger partial charge is 0.243 e. The van der Waals surface area contributed by atoms with Crippen molar-refractivity contribution in [3.05, 3.63) is 53.1 Å². The van der Waals surface area contributed by atoms with Crippen molar-refractivity contribution in [3.63, 3.8) is 0 Å². The summed E-state index contributed by atoms with van der Waals surface area (Å²) in [6.07, 6.45) is 3.17. The van der Waals surface area contributed by atoms with Crippen molar-refractivity contribution in [1.82, 2.24) is 9.29 Å². The Bertz CT molecular complexity index is 1360. The van der Waals surface area contributed by atoms with Crippen LogP contribution in [-0.2, 0) is 19.6 Å². The standard InChI is InChI=1S/C27H33N3O4S2/c1-18-8-10-23(11-9-18)36(32,33)29-12-4-6-21(16-29)26(31)30(17-22-7-5-13-34-22)27-28-24-15-19(2)14-20(3)25(24)35-27/h8-11,14-15,21-22H,4-7,12-13,16-17H2,1-3H3. The van der Waals surface area contributed by atoms with Crippen LogP contribution in [0.25, 0.3) is 10.2 Å².